The van der Waals surface area contributed by atoms with Crippen LogP contribution in [-0.4, -0.2) is 17.8 Å². The normalized spacial score (nSPS) is 15.0. The fourth-order valence-corrected chi connectivity index (χ4v) is 4.74. The molecule has 34 heavy (non-hydrogen) atoms. The minimum Gasteiger partial charge on any atom is -0.487 e. The number of hydrogen-bond acceptors (Lipinski definition) is 4. The van der Waals surface area contributed by atoms with E-state index in [2.05, 4.69) is 37.2 Å². The summed E-state index contributed by atoms with van der Waals surface area (Å²) in [6, 6.07) is 14.7. The van der Waals surface area contributed by atoms with Crippen LogP contribution in [0.1, 0.15) is 11.1 Å². The lowest BCUT2D eigenvalue weighted by Crippen LogP contribution is -2.54. The van der Waals surface area contributed by atoms with E-state index in [-0.39, 0.29) is 23.6 Å². The van der Waals surface area contributed by atoms with Crippen molar-refractivity contribution in [2.45, 2.75) is 6.61 Å². The number of carbonyl (C=O) groups is 3. The molecule has 0 atom stereocenters. The molecule has 1 N–H and O–H groups in total. The second-order valence-electron chi connectivity index (χ2n) is 7.12. The Kier molecular flexibility index (Phi) is 7.16. The van der Waals surface area contributed by atoms with Gasteiger partial charge in [0.25, 0.3) is 11.8 Å². The van der Waals surface area contributed by atoms with Crippen molar-refractivity contribution < 1.29 is 23.5 Å². The molecule has 3 aromatic carbocycles. The number of hydrogen-bond donors (Lipinski definition) is 1. The largest absolute Gasteiger partial charge is 0.487 e. The predicted molar refractivity (Wildman–Crippen MR) is 133 cm³/mol. The van der Waals surface area contributed by atoms with Gasteiger partial charge in [0.05, 0.1) is 10.2 Å². The van der Waals surface area contributed by atoms with Crippen LogP contribution in [0.4, 0.5) is 14.9 Å². The first-order chi connectivity index (χ1) is 16.2. The Morgan fingerprint density at radius 2 is 1.74 bits per heavy atom. The number of benzene rings is 3. The summed E-state index contributed by atoms with van der Waals surface area (Å²) in [6.45, 7) is -0.0847. The standard InChI is InChI=1S/C24H14Br2ClFN2O4/c25-15-9-14(21(19(26)11-15)34-12-13-3-1-2-4-20(13)28)10-18-22(31)29-24(33)30(23(18)32)17-7-5-16(27)6-8-17/h1-11H,12H2,(H,29,31,33)/b18-10+. The summed E-state index contributed by atoms with van der Waals surface area (Å²) in [5, 5.41) is 2.60. The molecule has 10 heteroatoms. The summed E-state index contributed by atoms with van der Waals surface area (Å²) < 4.78 is 21.1. The average molecular weight is 609 g/mol. The lowest BCUT2D eigenvalue weighted by molar-refractivity contribution is -0.122. The van der Waals surface area contributed by atoms with E-state index < -0.39 is 23.7 Å². The lowest BCUT2D eigenvalue weighted by Gasteiger charge is -2.26. The van der Waals surface area contributed by atoms with Gasteiger partial charge in [-0.3, -0.25) is 14.9 Å². The van der Waals surface area contributed by atoms with Gasteiger partial charge in [-0.1, -0.05) is 45.7 Å². The zero-order chi connectivity index (χ0) is 24.4. The Labute approximate surface area is 215 Å². The Bertz CT molecular complexity index is 1350. The fourth-order valence-electron chi connectivity index (χ4n) is 3.24. The molecule has 3 aromatic rings. The highest BCUT2D eigenvalue weighted by Crippen LogP contribution is 2.36. The second kappa shape index (κ2) is 10.1. The van der Waals surface area contributed by atoms with Gasteiger partial charge in [-0.2, -0.15) is 0 Å². The van der Waals surface area contributed by atoms with Crippen LogP contribution in [-0.2, 0) is 16.2 Å². The van der Waals surface area contributed by atoms with Crippen molar-refractivity contribution >= 4 is 73.1 Å². The molecule has 0 aromatic heterocycles. The molecule has 4 rings (SSSR count). The van der Waals surface area contributed by atoms with E-state index in [0.29, 0.717) is 25.1 Å². The first kappa shape index (κ1) is 24.1. The number of nitrogens with one attached hydrogen (secondary N) is 1. The van der Waals surface area contributed by atoms with Crippen molar-refractivity contribution in [3.05, 3.63) is 97.1 Å². The molecule has 6 nitrogen and oxygen atoms in total. The molecular formula is C24H14Br2ClFN2O4. The maximum absolute atomic E-state index is 14.0. The minimum atomic E-state index is -0.874. The number of ether oxygens (including phenoxy) is 1. The first-order valence-corrected chi connectivity index (χ1v) is 11.7. The minimum absolute atomic E-state index is 0.0847. The number of amides is 4. The van der Waals surface area contributed by atoms with Gasteiger partial charge >= 0.3 is 6.03 Å². The van der Waals surface area contributed by atoms with E-state index in [0.717, 1.165) is 4.90 Å². The molecule has 0 radical (unpaired) electrons. The van der Waals surface area contributed by atoms with Gasteiger partial charge in [0.2, 0.25) is 0 Å². The smallest absolute Gasteiger partial charge is 0.335 e. The van der Waals surface area contributed by atoms with Gasteiger partial charge in [-0.05, 0) is 64.5 Å². The molecule has 4 amide bonds. The van der Waals surface area contributed by atoms with Crippen LogP contribution in [0, 0.1) is 5.82 Å². The van der Waals surface area contributed by atoms with Crippen LogP contribution in [0.15, 0.2) is 75.2 Å². The van der Waals surface area contributed by atoms with Crippen molar-refractivity contribution in [1.29, 1.82) is 0 Å². The van der Waals surface area contributed by atoms with E-state index in [9.17, 15) is 18.8 Å². The summed E-state index contributed by atoms with van der Waals surface area (Å²) in [5.74, 6) is -1.80. The number of anilines is 1. The zero-order valence-electron chi connectivity index (χ0n) is 17.2. The number of barbiturate groups is 1. The van der Waals surface area contributed by atoms with E-state index in [1.807, 2.05) is 0 Å². The van der Waals surface area contributed by atoms with Crippen LogP contribution in [0.2, 0.25) is 5.02 Å². The van der Waals surface area contributed by atoms with Crippen molar-refractivity contribution in [3.8, 4) is 5.75 Å². The molecule has 1 aliphatic heterocycles. The number of nitrogens with zero attached hydrogens (tertiary/aromatic N) is 1. The van der Waals surface area contributed by atoms with Crippen LogP contribution >= 0.6 is 43.5 Å². The molecule has 0 saturated carbocycles. The van der Waals surface area contributed by atoms with Crippen LogP contribution < -0.4 is 15.0 Å². The quantitative estimate of drug-likeness (QED) is 0.275. The maximum Gasteiger partial charge on any atom is 0.335 e. The van der Waals surface area contributed by atoms with Crippen molar-refractivity contribution in [1.82, 2.24) is 5.32 Å². The topological polar surface area (TPSA) is 75.7 Å². The van der Waals surface area contributed by atoms with Gasteiger partial charge in [-0.15, -0.1) is 0 Å². The van der Waals surface area contributed by atoms with Crippen molar-refractivity contribution in [2.75, 3.05) is 4.90 Å². The van der Waals surface area contributed by atoms with Crippen molar-refractivity contribution in [2.24, 2.45) is 0 Å². The molecule has 0 unspecified atom stereocenters. The number of carbonyl (C=O) groups excluding carboxylic acids is 3. The van der Waals surface area contributed by atoms with E-state index in [1.54, 1.807) is 30.3 Å². The van der Waals surface area contributed by atoms with E-state index in [1.165, 1.54) is 36.4 Å². The number of rotatable bonds is 5. The predicted octanol–water partition coefficient (Wildman–Crippen LogP) is 6.25. The van der Waals surface area contributed by atoms with Gasteiger partial charge in [0.1, 0.15) is 23.7 Å². The highest BCUT2D eigenvalue weighted by Gasteiger charge is 2.37. The third kappa shape index (κ3) is 5.06. The molecule has 0 spiro atoms. The van der Waals surface area contributed by atoms with Gasteiger partial charge in [0, 0.05) is 20.6 Å². The summed E-state index contributed by atoms with van der Waals surface area (Å²) in [7, 11) is 0. The summed E-state index contributed by atoms with van der Waals surface area (Å²) in [4.78, 5) is 39.0. The molecular weight excluding hydrogens is 595 g/mol. The molecule has 1 saturated heterocycles. The van der Waals surface area contributed by atoms with Gasteiger partial charge in [0.15, 0.2) is 0 Å². The van der Waals surface area contributed by atoms with Gasteiger partial charge in [-0.25, -0.2) is 14.1 Å². The number of imide groups is 2. The maximum atomic E-state index is 14.0. The Morgan fingerprint density at radius 3 is 2.44 bits per heavy atom. The second-order valence-corrected chi connectivity index (χ2v) is 9.33. The SMILES string of the molecule is O=C1NC(=O)N(c2ccc(Cl)cc2)C(=O)/C1=C/c1cc(Br)cc(Br)c1OCc1ccccc1F. The average Bonchev–Trinajstić information content (AvgIpc) is 2.78. The summed E-state index contributed by atoms with van der Waals surface area (Å²) >= 11 is 12.7. The van der Waals surface area contributed by atoms with Crippen LogP contribution in [0.5, 0.6) is 5.75 Å². The summed E-state index contributed by atoms with van der Waals surface area (Å²) in [5.41, 5.74) is 0.662. The molecule has 1 heterocycles. The molecule has 0 bridgehead atoms. The number of halogens is 4. The zero-order valence-corrected chi connectivity index (χ0v) is 21.1. The van der Waals surface area contributed by atoms with Crippen LogP contribution in [0.25, 0.3) is 6.08 Å². The monoisotopic (exact) mass is 606 g/mol. The molecule has 0 aliphatic carbocycles. The summed E-state index contributed by atoms with van der Waals surface area (Å²) in [6.07, 6.45) is 1.32. The highest BCUT2D eigenvalue weighted by molar-refractivity contribution is 9.11. The first-order valence-electron chi connectivity index (χ1n) is 9.77. The van der Waals surface area contributed by atoms with Crippen molar-refractivity contribution in [3.63, 3.8) is 0 Å². The van der Waals surface area contributed by atoms with E-state index >= 15 is 0 Å². The number of urea groups is 1. The Balaban J connectivity index is 1.72. The van der Waals surface area contributed by atoms with Crippen LogP contribution in [0.3, 0.4) is 0 Å². The third-order valence-electron chi connectivity index (χ3n) is 4.85. The highest BCUT2D eigenvalue weighted by atomic mass is 79.9. The van der Waals surface area contributed by atoms with Gasteiger partial charge < -0.3 is 4.74 Å². The third-order valence-corrected chi connectivity index (χ3v) is 6.15. The Hall–Kier alpha value is -3.01. The molecule has 1 aliphatic rings. The Morgan fingerprint density at radius 1 is 1.03 bits per heavy atom. The molecule has 1 fully saturated rings. The lowest BCUT2D eigenvalue weighted by atomic mass is 10.1. The fraction of sp³-hybridized carbons (Fsp3) is 0.0417. The van der Waals surface area contributed by atoms with E-state index in [4.69, 9.17) is 16.3 Å². The molecule has 172 valence electrons.